The fourth-order valence-electron chi connectivity index (χ4n) is 1.76. The molecule has 0 radical (unpaired) electrons. The Bertz CT molecular complexity index is 549. The van der Waals surface area contributed by atoms with Gasteiger partial charge in [-0.3, -0.25) is 4.79 Å². The van der Waals surface area contributed by atoms with E-state index in [0.29, 0.717) is 0 Å². The number of halogens is 4. The topological polar surface area (TPSA) is 46.9 Å². The maximum atomic E-state index is 12.8. The first-order valence-electron chi connectivity index (χ1n) is 5.80. The van der Waals surface area contributed by atoms with E-state index >= 15 is 0 Å². The molecule has 8 heteroatoms. The largest absolute Gasteiger partial charge is 0.411 e. The van der Waals surface area contributed by atoms with E-state index < -0.39 is 17.3 Å². The molecule has 0 unspecified atom stereocenters. The van der Waals surface area contributed by atoms with Crippen LogP contribution in [0.1, 0.15) is 32.7 Å². The van der Waals surface area contributed by atoms with Crippen molar-refractivity contribution in [2.24, 2.45) is 0 Å². The third-order valence-electron chi connectivity index (χ3n) is 3.10. The van der Waals surface area contributed by atoms with Crippen molar-refractivity contribution in [1.29, 1.82) is 0 Å². The molecule has 1 N–H and O–H groups in total. The molecule has 1 saturated carbocycles. The lowest BCUT2D eigenvalue weighted by atomic mass is 10.2. The number of hydrogen-bond acceptors (Lipinski definition) is 3. The van der Waals surface area contributed by atoms with Gasteiger partial charge in [-0.1, -0.05) is 11.6 Å². The van der Waals surface area contributed by atoms with Crippen LogP contribution in [-0.4, -0.2) is 21.5 Å². The van der Waals surface area contributed by atoms with Gasteiger partial charge in [-0.05, 0) is 26.7 Å². The molecular formula is C11H13ClF3N3O. The maximum Gasteiger partial charge on any atom is 0.411 e. The van der Waals surface area contributed by atoms with Crippen LogP contribution < -0.4 is 10.9 Å². The molecule has 0 aromatic carbocycles. The molecule has 0 saturated heterocycles. The van der Waals surface area contributed by atoms with Crippen LogP contribution in [0.5, 0.6) is 0 Å². The van der Waals surface area contributed by atoms with E-state index in [9.17, 15) is 18.0 Å². The van der Waals surface area contributed by atoms with Crippen molar-refractivity contribution in [2.75, 3.05) is 5.32 Å². The molecule has 2 rings (SSSR count). The van der Waals surface area contributed by atoms with Crippen molar-refractivity contribution in [3.8, 4) is 0 Å². The Kier molecular flexibility index (Phi) is 3.28. The number of aromatic nitrogens is 2. The predicted octanol–water partition coefficient (Wildman–Crippen LogP) is 2.98. The average Bonchev–Trinajstić information content (AvgIpc) is 3.05. The molecular weight excluding hydrogens is 283 g/mol. The number of hydrogen-bond donors (Lipinski definition) is 1. The van der Waals surface area contributed by atoms with E-state index in [1.807, 2.05) is 0 Å². The fraction of sp³-hybridized carbons (Fsp3) is 0.636. The van der Waals surface area contributed by atoms with Crippen LogP contribution >= 0.6 is 11.6 Å². The van der Waals surface area contributed by atoms with E-state index in [2.05, 4.69) is 10.4 Å². The van der Waals surface area contributed by atoms with E-state index in [4.69, 9.17) is 11.6 Å². The summed E-state index contributed by atoms with van der Waals surface area (Å²) in [6.07, 6.45) is -3.26. The van der Waals surface area contributed by atoms with Crippen molar-refractivity contribution in [3.05, 3.63) is 21.6 Å². The zero-order chi connectivity index (χ0) is 14.4. The normalized spacial score (nSPS) is 17.6. The molecule has 106 valence electrons. The molecule has 0 spiro atoms. The van der Waals surface area contributed by atoms with Crippen molar-refractivity contribution < 1.29 is 13.2 Å². The Labute approximate surface area is 112 Å². The van der Waals surface area contributed by atoms with E-state index in [0.717, 1.165) is 10.9 Å². The van der Waals surface area contributed by atoms with E-state index in [-0.39, 0.29) is 29.6 Å². The van der Waals surface area contributed by atoms with Gasteiger partial charge in [0.15, 0.2) is 0 Å². The van der Waals surface area contributed by atoms with Crippen LogP contribution in [0.2, 0.25) is 5.02 Å². The number of anilines is 1. The molecule has 19 heavy (non-hydrogen) atoms. The van der Waals surface area contributed by atoms with Crippen LogP contribution in [0.15, 0.2) is 11.0 Å². The first-order valence-corrected chi connectivity index (χ1v) is 6.18. The molecule has 1 heterocycles. The zero-order valence-corrected chi connectivity index (χ0v) is 11.1. The minimum Gasteiger partial charge on any atom is -0.369 e. The van der Waals surface area contributed by atoms with Crippen LogP contribution in [-0.2, 0) is 0 Å². The lowest BCUT2D eigenvalue weighted by Gasteiger charge is -2.22. The Hall–Kier alpha value is -1.24. The summed E-state index contributed by atoms with van der Waals surface area (Å²) in [6, 6.07) is -0.212. The zero-order valence-electron chi connectivity index (χ0n) is 10.4. The minimum absolute atomic E-state index is 0.0277. The summed E-state index contributed by atoms with van der Waals surface area (Å²) in [4.78, 5) is 11.8. The highest BCUT2D eigenvalue weighted by atomic mass is 35.5. The third-order valence-corrected chi connectivity index (χ3v) is 3.46. The van der Waals surface area contributed by atoms with Crippen LogP contribution in [0.3, 0.4) is 0 Å². The van der Waals surface area contributed by atoms with Crippen molar-refractivity contribution >= 4 is 17.3 Å². The molecule has 0 bridgehead atoms. The Morgan fingerprint density at radius 1 is 1.47 bits per heavy atom. The summed E-state index contributed by atoms with van der Waals surface area (Å²) in [5.41, 5.74) is -2.63. The third kappa shape index (κ3) is 2.43. The van der Waals surface area contributed by atoms with Gasteiger partial charge in [0.2, 0.25) is 0 Å². The highest BCUT2D eigenvalue weighted by Crippen LogP contribution is 2.51. The van der Waals surface area contributed by atoms with Gasteiger partial charge in [0, 0.05) is 0 Å². The summed E-state index contributed by atoms with van der Waals surface area (Å²) in [5, 5.41) is 5.87. The fourth-order valence-corrected chi connectivity index (χ4v) is 1.94. The van der Waals surface area contributed by atoms with Gasteiger partial charge in [-0.25, -0.2) is 4.68 Å². The van der Waals surface area contributed by atoms with Gasteiger partial charge in [-0.15, -0.1) is 0 Å². The molecule has 1 aromatic heterocycles. The second kappa shape index (κ2) is 4.40. The molecule has 0 atom stereocenters. The van der Waals surface area contributed by atoms with Crippen molar-refractivity contribution in [2.45, 2.75) is 44.4 Å². The highest BCUT2D eigenvalue weighted by Gasteiger charge is 2.63. The molecule has 4 nitrogen and oxygen atoms in total. The molecule has 0 amide bonds. The standard InChI is InChI=1S/C11H13ClF3N3O/c1-6(2)18-9(19)8(12)7(5-16-18)17-10(3-4-10)11(13,14)15/h5-6,17H,3-4H2,1-2H3. The number of nitrogens with zero attached hydrogens (tertiary/aromatic N) is 2. The van der Waals surface area contributed by atoms with Crippen LogP contribution in [0.25, 0.3) is 0 Å². The Balaban J connectivity index is 2.34. The monoisotopic (exact) mass is 295 g/mol. The van der Waals surface area contributed by atoms with Gasteiger partial charge >= 0.3 is 6.18 Å². The van der Waals surface area contributed by atoms with Crippen LogP contribution in [0, 0.1) is 0 Å². The second-order valence-electron chi connectivity index (χ2n) is 4.92. The average molecular weight is 296 g/mol. The lowest BCUT2D eigenvalue weighted by molar-refractivity contribution is -0.151. The quantitative estimate of drug-likeness (QED) is 0.932. The van der Waals surface area contributed by atoms with Gasteiger partial charge < -0.3 is 5.32 Å². The molecule has 1 fully saturated rings. The number of alkyl halides is 3. The minimum atomic E-state index is -4.37. The summed E-state index contributed by atoms with van der Waals surface area (Å²) < 4.78 is 39.6. The molecule has 1 aromatic rings. The van der Waals surface area contributed by atoms with Crippen LogP contribution in [0.4, 0.5) is 18.9 Å². The SMILES string of the molecule is CC(C)n1ncc(NC2(C(F)(F)F)CC2)c(Cl)c1=O. The smallest absolute Gasteiger partial charge is 0.369 e. The van der Waals surface area contributed by atoms with E-state index in [1.54, 1.807) is 13.8 Å². The van der Waals surface area contributed by atoms with Gasteiger partial charge in [0.05, 0.1) is 17.9 Å². The Morgan fingerprint density at radius 2 is 2.05 bits per heavy atom. The first kappa shape index (κ1) is 14.2. The Morgan fingerprint density at radius 3 is 2.47 bits per heavy atom. The maximum absolute atomic E-state index is 12.8. The van der Waals surface area contributed by atoms with Crippen molar-refractivity contribution in [3.63, 3.8) is 0 Å². The predicted molar refractivity (Wildman–Crippen MR) is 65.5 cm³/mol. The summed E-state index contributed by atoms with van der Waals surface area (Å²) in [5.74, 6) is 0. The summed E-state index contributed by atoms with van der Waals surface area (Å²) in [6.45, 7) is 3.46. The van der Waals surface area contributed by atoms with Gasteiger partial charge in [0.25, 0.3) is 5.56 Å². The molecule has 1 aliphatic carbocycles. The van der Waals surface area contributed by atoms with Gasteiger partial charge in [0.1, 0.15) is 10.6 Å². The second-order valence-corrected chi connectivity index (χ2v) is 5.30. The summed E-state index contributed by atoms with van der Waals surface area (Å²) >= 11 is 5.82. The first-order chi connectivity index (χ1) is 8.68. The van der Waals surface area contributed by atoms with E-state index in [1.165, 1.54) is 0 Å². The molecule has 0 aliphatic heterocycles. The number of rotatable bonds is 3. The summed E-state index contributed by atoms with van der Waals surface area (Å²) in [7, 11) is 0. The number of nitrogens with one attached hydrogen (secondary N) is 1. The molecule has 1 aliphatic rings. The van der Waals surface area contributed by atoms with Crippen molar-refractivity contribution in [1.82, 2.24) is 9.78 Å². The lowest BCUT2D eigenvalue weighted by Crippen LogP contribution is -2.39. The highest BCUT2D eigenvalue weighted by molar-refractivity contribution is 6.33. The van der Waals surface area contributed by atoms with Gasteiger partial charge in [-0.2, -0.15) is 18.3 Å².